The smallest absolute Gasteiger partial charge is 0.335 e. The van der Waals surface area contributed by atoms with Gasteiger partial charge < -0.3 is 4.90 Å². The zero-order chi connectivity index (χ0) is 21.0. The minimum Gasteiger partial charge on any atom is -0.366 e. The lowest BCUT2D eigenvalue weighted by molar-refractivity contribution is -0.146. The summed E-state index contributed by atoms with van der Waals surface area (Å²) in [6, 6.07) is 15.9. The van der Waals surface area contributed by atoms with Gasteiger partial charge in [-0.1, -0.05) is 50.2 Å². The maximum absolute atomic E-state index is 14.0. The van der Waals surface area contributed by atoms with Crippen LogP contribution in [0.2, 0.25) is 0 Å². The Balaban J connectivity index is 1.70. The van der Waals surface area contributed by atoms with Gasteiger partial charge in [0.2, 0.25) is 5.91 Å². The number of nitrogens with zero attached hydrogens (tertiary/aromatic N) is 2. The molecule has 5 rings (SSSR count). The Hall–Kier alpha value is -3.15. The van der Waals surface area contributed by atoms with E-state index in [0.29, 0.717) is 18.0 Å². The predicted molar refractivity (Wildman–Crippen MR) is 114 cm³/mol. The van der Waals surface area contributed by atoms with Crippen LogP contribution in [0.5, 0.6) is 0 Å². The number of urea groups is 1. The van der Waals surface area contributed by atoms with Crippen molar-refractivity contribution >= 4 is 29.2 Å². The van der Waals surface area contributed by atoms with Crippen LogP contribution in [0, 0.1) is 17.3 Å². The predicted octanol–water partition coefficient (Wildman–Crippen LogP) is 3.36. The summed E-state index contributed by atoms with van der Waals surface area (Å²) >= 11 is 0. The summed E-state index contributed by atoms with van der Waals surface area (Å²) in [4.78, 5) is 43.6. The Morgan fingerprint density at radius 2 is 1.67 bits per heavy atom. The number of para-hydroxylation sites is 2. The number of piperidine rings is 1. The number of rotatable bonds is 1. The second kappa shape index (κ2) is 6.69. The minimum atomic E-state index is -1.34. The van der Waals surface area contributed by atoms with Gasteiger partial charge in [0.25, 0.3) is 5.91 Å². The van der Waals surface area contributed by atoms with Crippen molar-refractivity contribution in [3.63, 3.8) is 0 Å². The monoisotopic (exact) mass is 403 g/mol. The highest BCUT2D eigenvalue weighted by atomic mass is 16.2. The van der Waals surface area contributed by atoms with Crippen molar-refractivity contribution in [3.8, 4) is 0 Å². The van der Waals surface area contributed by atoms with Crippen LogP contribution in [0.3, 0.4) is 0 Å². The standard InChI is InChI=1S/C24H25N3O3/c1-15-12-16(2)20-24(13-17-8-6-7-11-19(17)26(20)14-15)21(28)25-23(30)27(22(24)29)18-9-4-3-5-10-18/h3-11,15-16,20H,12-14H2,1-2H3,(H,25,28,30)/t15-,16+,20+,24-/m0/s1. The highest BCUT2D eigenvalue weighted by molar-refractivity contribution is 6.30. The van der Waals surface area contributed by atoms with Gasteiger partial charge in [0, 0.05) is 12.2 Å². The highest BCUT2D eigenvalue weighted by Gasteiger charge is 2.64. The van der Waals surface area contributed by atoms with Crippen LogP contribution in [0.25, 0.3) is 0 Å². The van der Waals surface area contributed by atoms with E-state index in [4.69, 9.17) is 0 Å². The third-order valence-electron chi connectivity index (χ3n) is 6.86. The Kier molecular flexibility index (Phi) is 4.20. The van der Waals surface area contributed by atoms with Crippen molar-refractivity contribution in [2.75, 3.05) is 16.3 Å². The molecule has 6 nitrogen and oxygen atoms in total. The first-order valence-electron chi connectivity index (χ1n) is 10.5. The number of benzene rings is 2. The third-order valence-corrected chi connectivity index (χ3v) is 6.86. The van der Waals surface area contributed by atoms with Gasteiger partial charge in [-0.15, -0.1) is 0 Å². The number of anilines is 2. The summed E-state index contributed by atoms with van der Waals surface area (Å²) in [6.45, 7) is 5.11. The summed E-state index contributed by atoms with van der Waals surface area (Å²) in [5.41, 5.74) is 1.21. The molecule has 154 valence electrons. The van der Waals surface area contributed by atoms with Gasteiger partial charge in [0.1, 0.15) is 0 Å². The van der Waals surface area contributed by atoms with Crippen LogP contribution in [0.4, 0.5) is 16.2 Å². The molecule has 2 aromatic carbocycles. The quantitative estimate of drug-likeness (QED) is 0.742. The molecule has 0 bridgehead atoms. The maximum atomic E-state index is 14.0. The van der Waals surface area contributed by atoms with Gasteiger partial charge >= 0.3 is 6.03 Å². The molecule has 0 unspecified atom stereocenters. The largest absolute Gasteiger partial charge is 0.366 e. The van der Waals surface area contributed by atoms with E-state index >= 15 is 0 Å². The fourth-order valence-corrected chi connectivity index (χ4v) is 5.82. The molecule has 2 saturated heterocycles. The molecule has 4 amide bonds. The molecule has 1 N–H and O–H groups in total. The molecular formula is C24H25N3O3. The molecule has 4 atom stereocenters. The lowest BCUT2D eigenvalue weighted by Crippen LogP contribution is -2.74. The first kappa shape index (κ1) is 18.9. The number of barbiturate groups is 1. The van der Waals surface area contributed by atoms with Crippen molar-refractivity contribution < 1.29 is 14.4 Å². The van der Waals surface area contributed by atoms with E-state index in [-0.39, 0.29) is 12.0 Å². The average molecular weight is 403 g/mol. The SMILES string of the molecule is C[C@H]1C[C@@H](C)[C@H]2N(C1)c1ccccc1C[C@@]21C(=O)NC(=O)N(c2ccccc2)C1=O. The van der Waals surface area contributed by atoms with Gasteiger partial charge in [-0.2, -0.15) is 0 Å². The fourth-order valence-electron chi connectivity index (χ4n) is 5.82. The number of carbonyl (C=O) groups excluding carboxylic acids is 3. The van der Waals surface area contributed by atoms with Crippen molar-refractivity contribution in [3.05, 3.63) is 60.2 Å². The van der Waals surface area contributed by atoms with Crippen LogP contribution < -0.4 is 15.1 Å². The Morgan fingerprint density at radius 3 is 2.43 bits per heavy atom. The van der Waals surface area contributed by atoms with E-state index in [0.717, 1.165) is 29.1 Å². The molecule has 2 fully saturated rings. The summed E-state index contributed by atoms with van der Waals surface area (Å²) in [6.07, 6.45) is 1.23. The molecule has 3 aliphatic rings. The summed E-state index contributed by atoms with van der Waals surface area (Å²) in [5, 5.41) is 2.52. The Morgan fingerprint density at radius 1 is 0.967 bits per heavy atom. The molecule has 3 aliphatic heterocycles. The topological polar surface area (TPSA) is 69.7 Å². The lowest BCUT2D eigenvalue weighted by atomic mass is 9.62. The normalized spacial score (nSPS) is 30.7. The molecule has 0 saturated carbocycles. The van der Waals surface area contributed by atoms with Crippen molar-refractivity contribution in [1.82, 2.24) is 5.32 Å². The van der Waals surface area contributed by atoms with Gasteiger partial charge in [-0.05, 0) is 48.4 Å². The van der Waals surface area contributed by atoms with E-state index in [1.165, 1.54) is 0 Å². The second-order valence-electron chi connectivity index (χ2n) is 8.93. The van der Waals surface area contributed by atoms with E-state index in [9.17, 15) is 14.4 Å². The third kappa shape index (κ3) is 2.52. The summed E-state index contributed by atoms with van der Waals surface area (Å²) in [5.74, 6) is -0.320. The van der Waals surface area contributed by atoms with Crippen LogP contribution in [-0.4, -0.2) is 30.4 Å². The number of nitrogens with one attached hydrogen (secondary N) is 1. The molecule has 0 radical (unpaired) electrons. The number of carbonyl (C=O) groups is 3. The van der Waals surface area contributed by atoms with Gasteiger partial charge in [-0.25, -0.2) is 9.69 Å². The number of hydrogen-bond donors (Lipinski definition) is 1. The van der Waals surface area contributed by atoms with Crippen LogP contribution in [-0.2, 0) is 16.0 Å². The molecule has 1 spiro atoms. The molecule has 30 heavy (non-hydrogen) atoms. The molecule has 3 heterocycles. The van der Waals surface area contributed by atoms with Crippen LogP contribution in [0.1, 0.15) is 25.8 Å². The number of hydrogen-bond acceptors (Lipinski definition) is 4. The average Bonchev–Trinajstić information content (AvgIpc) is 2.72. The summed E-state index contributed by atoms with van der Waals surface area (Å²) in [7, 11) is 0. The minimum absolute atomic E-state index is 0.127. The Bertz CT molecular complexity index is 1040. The summed E-state index contributed by atoms with van der Waals surface area (Å²) < 4.78 is 0. The number of fused-ring (bicyclic) bond motifs is 4. The van der Waals surface area contributed by atoms with Gasteiger partial charge in [0.05, 0.1) is 11.7 Å². The van der Waals surface area contributed by atoms with Crippen molar-refractivity contribution in [2.45, 2.75) is 32.7 Å². The molecule has 6 heteroatoms. The van der Waals surface area contributed by atoms with Crippen LogP contribution >= 0.6 is 0 Å². The molecular weight excluding hydrogens is 378 g/mol. The van der Waals surface area contributed by atoms with Crippen molar-refractivity contribution in [2.24, 2.45) is 17.3 Å². The van der Waals surface area contributed by atoms with Gasteiger partial charge in [0.15, 0.2) is 5.41 Å². The highest BCUT2D eigenvalue weighted by Crippen LogP contribution is 2.50. The molecule has 0 aromatic heterocycles. The fraction of sp³-hybridized carbons (Fsp3) is 0.375. The maximum Gasteiger partial charge on any atom is 0.335 e. The lowest BCUT2D eigenvalue weighted by Gasteiger charge is -2.56. The Labute approximate surface area is 175 Å². The van der Waals surface area contributed by atoms with E-state index in [1.807, 2.05) is 24.3 Å². The van der Waals surface area contributed by atoms with E-state index in [2.05, 4.69) is 30.1 Å². The first-order chi connectivity index (χ1) is 14.4. The number of amides is 4. The zero-order valence-electron chi connectivity index (χ0n) is 17.2. The zero-order valence-corrected chi connectivity index (χ0v) is 17.2. The first-order valence-corrected chi connectivity index (χ1v) is 10.5. The second-order valence-corrected chi connectivity index (χ2v) is 8.93. The van der Waals surface area contributed by atoms with Crippen molar-refractivity contribution in [1.29, 1.82) is 0 Å². The molecule has 2 aromatic rings. The molecule has 0 aliphatic carbocycles. The number of imide groups is 2. The van der Waals surface area contributed by atoms with Gasteiger partial charge in [-0.3, -0.25) is 14.9 Å². The van der Waals surface area contributed by atoms with Crippen LogP contribution in [0.15, 0.2) is 54.6 Å². The van der Waals surface area contributed by atoms with E-state index in [1.54, 1.807) is 24.3 Å². The van der Waals surface area contributed by atoms with E-state index < -0.39 is 23.3 Å².